The van der Waals surface area contributed by atoms with Gasteiger partial charge in [0.1, 0.15) is 18.1 Å². The topological polar surface area (TPSA) is 54.9 Å². The molecular weight excluding hydrogens is 302 g/mol. The molecule has 0 bridgehead atoms. The molecule has 0 radical (unpaired) electrons. The molecule has 0 aliphatic heterocycles. The van der Waals surface area contributed by atoms with Crippen LogP contribution in [0, 0.1) is 0 Å². The van der Waals surface area contributed by atoms with E-state index in [4.69, 9.17) is 9.47 Å². The lowest BCUT2D eigenvalue weighted by Crippen LogP contribution is -2.39. The molecule has 0 aromatic heterocycles. The second-order valence-corrected chi connectivity index (χ2v) is 5.13. The van der Waals surface area contributed by atoms with Crippen molar-refractivity contribution in [2.45, 2.75) is 13.5 Å². The highest BCUT2D eigenvalue weighted by Crippen LogP contribution is 2.13. The summed E-state index contributed by atoms with van der Waals surface area (Å²) < 4.78 is 10.9. The lowest BCUT2D eigenvalue weighted by molar-refractivity contribution is 0.322. The zero-order valence-corrected chi connectivity index (χ0v) is 14.3. The van der Waals surface area contributed by atoms with Crippen LogP contribution in [0.1, 0.15) is 12.5 Å². The minimum Gasteiger partial charge on any atom is -0.497 e. The predicted molar refractivity (Wildman–Crippen MR) is 97.7 cm³/mol. The normalized spacial score (nSPS) is 11.0. The zero-order valence-electron chi connectivity index (χ0n) is 14.3. The van der Waals surface area contributed by atoms with E-state index in [0.29, 0.717) is 19.7 Å². The number of methoxy groups -OCH3 is 1. The molecule has 0 atom stereocenters. The summed E-state index contributed by atoms with van der Waals surface area (Å²) in [6, 6.07) is 17.7. The van der Waals surface area contributed by atoms with Crippen molar-refractivity contribution in [1.29, 1.82) is 0 Å². The van der Waals surface area contributed by atoms with E-state index in [1.807, 2.05) is 61.5 Å². The van der Waals surface area contributed by atoms with Crippen molar-refractivity contribution in [3.63, 3.8) is 0 Å². The maximum Gasteiger partial charge on any atom is 0.191 e. The third kappa shape index (κ3) is 6.20. The molecule has 0 heterocycles. The van der Waals surface area contributed by atoms with Crippen molar-refractivity contribution in [1.82, 2.24) is 10.6 Å². The minimum absolute atomic E-state index is 0.577. The quantitative estimate of drug-likeness (QED) is 0.445. The highest BCUT2D eigenvalue weighted by Gasteiger charge is 1.99. The summed E-state index contributed by atoms with van der Waals surface area (Å²) in [4.78, 5) is 4.59. The number of hydrogen-bond donors (Lipinski definition) is 2. The molecule has 0 unspecified atom stereocenters. The third-order valence-electron chi connectivity index (χ3n) is 3.30. The monoisotopic (exact) mass is 327 g/mol. The van der Waals surface area contributed by atoms with Gasteiger partial charge in [-0.25, -0.2) is 4.99 Å². The van der Waals surface area contributed by atoms with Crippen LogP contribution in [0.15, 0.2) is 59.6 Å². The highest BCUT2D eigenvalue weighted by atomic mass is 16.5. The number of nitrogens with one attached hydrogen (secondary N) is 2. The largest absolute Gasteiger partial charge is 0.497 e. The van der Waals surface area contributed by atoms with E-state index < -0.39 is 0 Å². The Kier molecular flexibility index (Phi) is 7.47. The SMILES string of the molecule is CCNC(=NCc1cccc(OC)c1)NCCOc1ccccc1. The van der Waals surface area contributed by atoms with Crippen LogP contribution in [-0.2, 0) is 6.54 Å². The summed E-state index contributed by atoms with van der Waals surface area (Å²) in [6.07, 6.45) is 0. The van der Waals surface area contributed by atoms with Gasteiger partial charge in [-0.2, -0.15) is 0 Å². The van der Waals surface area contributed by atoms with Gasteiger partial charge in [-0.05, 0) is 36.8 Å². The van der Waals surface area contributed by atoms with E-state index in [-0.39, 0.29) is 0 Å². The van der Waals surface area contributed by atoms with Crippen LogP contribution in [0.25, 0.3) is 0 Å². The van der Waals surface area contributed by atoms with Crippen LogP contribution in [0.2, 0.25) is 0 Å². The van der Waals surface area contributed by atoms with Gasteiger partial charge in [-0.15, -0.1) is 0 Å². The Labute approximate surface area is 143 Å². The van der Waals surface area contributed by atoms with E-state index in [1.165, 1.54) is 0 Å². The second-order valence-electron chi connectivity index (χ2n) is 5.13. The molecule has 0 fully saturated rings. The molecule has 0 amide bonds. The molecule has 24 heavy (non-hydrogen) atoms. The summed E-state index contributed by atoms with van der Waals surface area (Å²) in [6.45, 7) is 4.70. The van der Waals surface area contributed by atoms with Gasteiger partial charge < -0.3 is 20.1 Å². The molecule has 0 aliphatic carbocycles. The number of ether oxygens (including phenoxy) is 2. The first kappa shape index (κ1) is 17.7. The summed E-state index contributed by atoms with van der Waals surface area (Å²) in [5.41, 5.74) is 1.10. The average Bonchev–Trinajstić information content (AvgIpc) is 2.64. The van der Waals surface area contributed by atoms with Gasteiger partial charge in [-0.3, -0.25) is 0 Å². The fraction of sp³-hybridized carbons (Fsp3) is 0.316. The first-order valence-corrected chi connectivity index (χ1v) is 8.14. The molecule has 0 spiro atoms. The standard InChI is InChI=1S/C19H25N3O2/c1-3-20-19(21-12-13-24-17-9-5-4-6-10-17)22-15-16-8-7-11-18(14-16)23-2/h4-11,14H,3,12-13,15H2,1-2H3,(H2,20,21,22). The van der Waals surface area contributed by atoms with E-state index in [0.717, 1.165) is 29.6 Å². The predicted octanol–water partition coefficient (Wildman–Crippen LogP) is 2.83. The summed E-state index contributed by atoms with van der Waals surface area (Å²) in [5.74, 6) is 2.49. The van der Waals surface area contributed by atoms with Crippen LogP contribution in [0.4, 0.5) is 0 Å². The Hall–Kier alpha value is -2.69. The zero-order chi connectivity index (χ0) is 17.0. The number of aliphatic imine (C=N–C) groups is 1. The van der Waals surface area contributed by atoms with Gasteiger partial charge in [0.15, 0.2) is 5.96 Å². The number of guanidine groups is 1. The van der Waals surface area contributed by atoms with Crippen molar-refractivity contribution in [3.8, 4) is 11.5 Å². The Morgan fingerprint density at radius 2 is 1.79 bits per heavy atom. The Morgan fingerprint density at radius 3 is 2.54 bits per heavy atom. The van der Waals surface area contributed by atoms with Crippen LogP contribution >= 0.6 is 0 Å². The summed E-state index contributed by atoms with van der Waals surface area (Å²) in [7, 11) is 1.67. The lowest BCUT2D eigenvalue weighted by atomic mass is 10.2. The van der Waals surface area contributed by atoms with Gasteiger partial charge >= 0.3 is 0 Å². The lowest BCUT2D eigenvalue weighted by Gasteiger charge is -2.12. The highest BCUT2D eigenvalue weighted by molar-refractivity contribution is 5.79. The number of nitrogens with zero attached hydrogens (tertiary/aromatic N) is 1. The molecular formula is C19H25N3O2. The van der Waals surface area contributed by atoms with Crippen molar-refractivity contribution in [3.05, 3.63) is 60.2 Å². The molecule has 2 aromatic rings. The van der Waals surface area contributed by atoms with Crippen molar-refractivity contribution >= 4 is 5.96 Å². The van der Waals surface area contributed by atoms with E-state index >= 15 is 0 Å². The fourth-order valence-electron chi connectivity index (χ4n) is 2.14. The molecule has 128 valence electrons. The van der Waals surface area contributed by atoms with Crippen molar-refractivity contribution < 1.29 is 9.47 Å². The maximum absolute atomic E-state index is 5.67. The van der Waals surface area contributed by atoms with E-state index in [9.17, 15) is 0 Å². The van der Waals surface area contributed by atoms with E-state index in [2.05, 4.69) is 15.6 Å². The van der Waals surface area contributed by atoms with Crippen molar-refractivity contribution in [2.75, 3.05) is 26.8 Å². The fourth-order valence-corrected chi connectivity index (χ4v) is 2.14. The Bertz CT molecular complexity index is 630. The van der Waals surface area contributed by atoms with Crippen LogP contribution in [0.5, 0.6) is 11.5 Å². The maximum atomic E-state index is 5.67. The molecule has 2 rings (SSSR count). The molecule has 2 aromatic carbocycles. The Morgan fingerprint density at radius 1 is 1.00 bits per heavy atom. The average molecular weight is 327 g/mol. The Balaban J connectivity index is 1.81. The van der Waals surface area contributed by atoms with Gasteiger partial charge in [0.25, 0.3) is 0 Å². The van der Waals surface area contributed by atoms with Crippen LogP contribution in [0.3, 0.4) is 0 Å². The van der Waals surface area contributed by atoms with Crippen LogP contribution < -0.4 is 20.1 Å². The molecule has 5 heteroatoms. The number of rotatable bonds is 8. The van der Waals surface area contributed by atoms with Gasteiger partial charge in [0.2, 0.25) is 0 Å². The smallest absolute Gasteiger partial charge is 0.191 e. The van der Waals surface area contributed by atoms with Crippen molar-refractivity contribution in [2.24, 2.45) is 4.99 Å². The van der Waals surface area contributed by atoms with Gasteiger partial charge in [0, 0.05) is 6.54 Å². The van der Waals surface area contributed by atoms with Gasteiger partial charge in [0.05, 0.1) is 20.2 Å². The number of para-hydroxylation sites is 1. The number of benzene rings is 2. The first-order chi connectivity index (χ1) is 11.8. The molecule has 2 N–H and O–H groups in total. The number of hydrogen-bond acceptors (Lipinski definition) is 3. The first-order valence-electron chi connectivity index (χ1n) is 8.14. The molecule has 0 aliphatic rings. The molecule has 5 nitrogen and oxygen atoms in total. The van der Waals surface area contributed by atoms with E-state index in [1.54, 1.807) is 7.11 Å². The minimum atomic E-state index is 0.577. The molecule has 0 saturated heterocycles. The summed E-state index contributed by atoms with van der Waals surface area (Å²) >= 11 is 0. The van der Waals surface area contributed by atoms with Gasteiger partial charge in [-0.1, -0.05) is 30.3 Å². The molecule has 0 saturated carbocycles. The summed E-state index contributed by atoms with van der Waals surface area (Å²) in [5, 5.41) is 6.50. The second kappa shape index (κ2) is 10.2. The van der Waals surface area contributed by atoms with Crippen LogP contribution in [-0.4, -0.2) is 32.8 Å². The third-order valence-corrected chi connectivity index (χ3v) is 3.30.